The van der Waals surface area contributed by atoms with E-state index in [2.05, 4.69) is 0 Å². The van der Waals surface area contributed by atoms with Crippen LogP contribution in [0.2, 0.25) is 0 Å². The topological polar surface area (TPSA) is 130 Å². The Hall–Kier alpha value is -7.06. The molecular formula is C44H30N4O4. The number of aromatic hydroxyl groups is 4. The highest BCUT2D eigenvalue weighted by molar-refractivity contribution is 6.38. The third-order valence-electron chi connectivity index (χ3n) is 9.53. The predicted octanol–water partition coefficient (Wildman–Crippen LogP) is 8.73. The van der Waals surface area contributed by atoms with E-state index in [1.165, 1.54) is 0 Å². The Labute approximate surface area is 299 Å². The zero-order chi connectivity index (χ0) is 35.3. The smallest absolute Gasteiger partial charge is 0.115 e. The lowest BCUT2D eigenvalue weighted by molar-refractivity contribution is 0.474. The molecule has 8 bridgehead atoms. The molecule has 0 saturated heterocycles. The van der Waals surface area contributed by atoms with Crippen molar-refractivity contribution in [2.45, 2.75) is 12.8 Å². The molecule has 9 rings (SSSR count). The van der Waals surface area contributed by atoms with Crippen LogP contribution in [0.25, 0.3) is 22.3 Å². The molecule has 5 heterocycles. The van der Waals surface area contributed by atoms with Crippen LogP contribution in [0.4, 0.5) is 0 Å². The highest BCUT2D eigenvalue weighted by atomic mass is 16.3. The molecule has 0 radical (unpaired) electrons. The first kappa shape index (κ1) is 31.0. The van der Waals surface area contributed by atoms with Gasteiger partial charge in [0.05, 0.1) is 45.6 Å². The number of allylic oxidation sites excluding steroid dienone is 11. The molecule has 4 aromatic rings. The molecule has 0 aromatic heterocycles. The predicted molar refractivity (Wildman–Crippen MR) is 207 cm³/mol. The largest absolute Gasteiger partial charge is 0.508 e. The number of fused-ring (bicyclic) bond motifs is 4. The van der Waals surface area contributed by atoms with Gasteiger partial charge < -0.3 is 20.4 Å². The van der Waals surface area contributed by atoms with Gasteiger partial charge in [-0.3, -0.25) is 4.99 Å². The Morgan fingerprint density at radius 3 is 1.06 bits per heavy atom. The van der Waals surface area contributed by atoms with Crippen molar-refractivity contribution >= 4 is 45.1 Å². The summed E-state index contributed by atoms with van der Waals surface area (Å²) < 4.78 is 0. The third-order valence-corrected chi connectivity index (χ3v) is 9.53. The van der Waals surface area contributed by atoms with Crippen molar-refractivity contribution in [3.8, 4) is 23.0 Å². The molecule has 4 N–H and O–H groups in total. The first-order chi connectivity index (χ1) is 25.4. The summed E-state index contributed by atoms with van der Waals surface area (Å²) >= 11 is 0. The highest BCUT2D eigenvalue weighted by Gasteiger charge is 2.29. The van der Waals surface area contributed by atoms with Crippen LogP contribution in [-0.4, -0.2) is 43.3 Å². The minimum absolute atomic E-state index is 0.156. The number of hydrogen-bond donors (Lipinski definition) is 4. The molecule has 0 atom stereocenters. The number of nitrogens with zero attached hydrogens (tertiary/aromatic N) is 4. The van der Waals surface area contributed by atoms with Crippen LogP contribution in [-0.2, 0) is 0 Å². The van der Waals surface area contributed by atoms with Crippen LogP contribution in [0.15, 0.2) is 176 Å². The van der Waals surface area contributed by atoms with Gasteiger partial charge in [-0.25, -0.2) is 15.0 Å². The van der Waals surface area contributed by atoms with E-state index in [9.17, 15) is 20.4 Å². The summed E-state index contributed by atoms with van der Waals surface area (Å²) in [6.45, 7) is 0. The summed E-state index contributed by atoms with van der Waals surface area (Å²) in [5.41, 5.74) is 12.7. The average Bonchev–Trinajstić information content (AvgIpc) is 3.99. The zero-order valence-electron chi connectivity index (χ0n) is 27.7. The molecule has 0 saturated carbocycles. The minimum Gasteiger partial charge on any atom is -0.508 e. The molecule has 4 aromatic carbocycles. The van der Waals surface area contributed by atoms with Crippen LogP contribution in [0.5, 0.6) is 23.0 Å². The van der Waals surface area contributed by atoms with E-state index in [4.69, 9.17) is 20.0 Å². The number of benzene rings is 4. The van der Waals surface area contributed by atoms with Gasteiger partial charge in [0.25, 0.3) is 0 Å². The molecule has 0 aliphatic carbocycles. The zero-order valence-corrected chi connectivity index (χ0v) is 27.7. The standard InChI is InChI=1S/C44H30N4O4/c49-29-9-1-25(2-10-29)41-33-17-19-35(45-33)42(26-3-11-30(50)12-4-26)37-21-23-39(47-37)44(28-7-15-32(52)16-8-28)40-24-22-38(48-40)43(36-20-18-34(41)46-36)27-5-13-31(51)14-6-27/h1-21,23,49-52H,22,24H2. The molecule has 5 aliphatic heterocycles. The Balaban J connectivity index is 1.36. The Kier molecular flexibility index (Phi) is 7.36. The highest BCUT2D eigenvalue weighted by Crippen LogP contribution is 2.40. The normalized spacial score (nSPS) is 17.7. The minimum atomic E-state index is 0.156. The van der Waals surface area contributed by atoms with E-state index in [0.29, 0.717) is 35.7 Å². The summed E-state index contributed by atoms with van der Waals surface area (Å²) in [5.74, 6) is 0.645. The maximum absolute atomic E-state index is 10.2. The lowest BCUT2D eigenvalue weighted by Gasteiger charge is -2.13. The average molecular weight is 679 g/mol. The fourth-order valence-electron chi connectivity index (χ4n) is 7.09. The number of phenolic OH excluding ortho intramolecular Hbond substituents is 4. The summed E-state index contributed by atoms with van der Waals surface area (Å²) in [5, 5.41) is 40.7. The van der Waals surface area contributed by atoms with E-state index in [0.717, 1.165) is 67.4 Å². The maximum Gasteiger partial charge on any atom is 0.115 e. The second kappa shape index (κ2) is 12.4. The fraction of sp³-hybridized carbons (Fsp3) is 0.0455. The number of hydrogen-bond acceptors (Lipinski definition) is 8. The molecule has 5 aliphatic rings. The van der Waals surface area contributed by atoms with E-state index >= 15 is 0 Å². The van der Waals surface area contributed by atoms with Gasteiger partial charge >= 0.3 is 0 Å². The summed E-state index contributed by atoms with van der Waals surface area (Å²) in [6.07, 6.45) is 13.2. The van der Waals surface area contributed by atoms with E-state index < -0.39 is 0 Å². The van der Waals surface area contributed by atoms with Crippen molar-refractivity contribution in [3.05, 3.63) is 179 Å². The van der Waals surface area contributed by atoms with Crippen LogP contribution in [0.3, 0.4) is 0 Å². The van der Waals surface area contributed by atoms with Gasteiger partial charge in [0.15, 0.2) is 0 Å². The van der Waals surface area contributed by atoms with Gasteiger partial charge in [-0.15, -0.1) is 0 Å². The molecule has 0 spiro atoms. The van der Waals surface area contributed by atoms with Crippen molar-refractivity contribution < 1.29 is 20.4 Å². The first-order valence-corrected chi connectivity index (χ1v) is 16.9. The van der Waals surface area contributed by atoms with Crippen LogP contribution < -0.4 is 0 Å². The van der Waals surface area contributed by atoms with Crippen molar-refractivity contribution in [1.29, 1.82) is 0 Å². The van der Waals surface area contributed by atoms with Crippen molar-refractivity contribution in [3.63, 3.8) is 0 Å². The second-order valence-electron chi connectivity index (χ2n) is 12.8. The van der Waals surface area contributed by atoms with E-state index in [1.807, 2.05) is 85.0 Å². The molecule has 0 unspecified atom stereocenters. The number of aliphatic imine (C=N–C) groups is 4. The quantitative estimate of drug-likeness (QED) is 0.172. The second-order valence-corrected chi connectivity index (χ2v) is 12.8. The van der Waals surface area contributed by atoms with Gasteiger partial charge in [0.2, 0.25) is 0 Å². The van der Waals surface area contributed by atoms with Gasteiger partial charge in [0.1, 0.15) is 23.0 Å². The van der Waals surface area contributed by atoms with Crippen molar-refractivity contribution in [2.24, 2.45) is 20.0 Å². The molecule has 8 heteroatoms. The summed E-state index contributed by atoms with van der Waals surface area (Å²) in [4.78, 5) is 21.0. The number of rotatable bonds is 4. The molecule has 0 amide bonds. The summed E-state index contributed by atoms with van der Waals surface area (Å²) in [7, 11) is 0. The first-order valence-electron chi connectivity index (χ1n) is 16.9. The monoisotopic (exact) mass is 678 g/mol. The van der Waals surface area contributed by atoms with Crippen LogP contribution in [0.1, 0.15) is 35.1 Å². The van der Waals surface area contributed by atoms with Gasteiger partial charge in [-0.05, 0) is 120 Å². The summed E-state index contributed by atoms with van der Waals surface area (Å²) in [6, 6.07) is 28.2. The van der Waals surface area contributed by atoms with Gasteiger partial charge in [0, 0.05) is 22.3 Å². The van der Waals surface area contributed by atoms with E-state index in [1.54, 1.807) is 48.5 Å². The van der Waals surface area contributed by atoms with Gasteiger partial charge in [-0.1, -0.05) is 48.5 Å². The molecule has 8 nitrogen and oxygen atoms in total. The molecule has 250 valence electrons. The fourth-order valence-corrected chi connectivity index (χ4v) is 7.09. The lowest BCUT2D eigenvalue weighted by atomic mass is 9.95. The Morgan fingerprint density at radius 1 is 0.327 bits per heavy atom. The van der Waals surface area contributed by atoms with Crippen molar-refractivity contribution in [1.82, 2.24) is 0 Å². The Morgan fingerprint density at radius 2 is 0.654 bits per heavy atom. The number of phenols is 4. The van der Waals surface area contributed by atoms with Crippen molar-refractivity contribution in [2.75, 3.05) is 0 Å². The van der Waals surface area contributed by atoms with E-state index in [-0.39, 0.29) is 23.0 Å². The molecule has 0 fully saturated rings. The lowest BCUT2D eigenvalue weighted by Crippen LogP contribution is -2.03. The third kappa shape index (κ3) is 5.52. The molecule has 52 heavy (non-hydrogen) atoms. The van der Waals surface area contributed by atoms with Crippen LogP contribution >= 0.6 is 0 Å². The Bertz CT molecular complexity index is 2540. The molecular weight excluding hydrogens is 649 g/mol. The SMILES string of the molecule is Oc1ccc(C2=C3C=CC(=N3)C(c3ccc(O)cc3)=C3C=CC(=N3)C(c3ccc(O)cc3)=C3CCC(=N3)C(c3ccc(O)cc3)=C3C=CC2=N3)cc1. The van der Waals surface area contributed by atoms with Crippen LogP contribution in [0, 0.1) is 0 Å². The maximum atomic E-state index is 10.2. The van der Waals surface area contributed by atoms with Gasteiger partial charge in [-0.2, -0.15) is 0 Å².